The van der Waals surface area contributed by atoms with Gasteiger partial charge >= 0.3 is 0 Å². The van der Waals surface area contributed by atoms with Gasteiger partial charge in [-0.3, -0.25) is 9.78 Å². The van der Waals surface area contributed by atoms with Crippen molar-refractivity contribution in [2.24, 2.45) is 0 Å². The van der Waals surface area contributed by atoms with Gasteiger partial charge < -0.3 is 15.0 Å². The third kappa shape index (κ3) is 5.01. The van der Waals surface area contributed by atoms with Crippen molar-refractivity contribution in [2.75, 3.05) is 30.9 Å². The van der Waals surface area contributed by atoms with Crippen molar-refractivity contribution in [1.82, 2.24) is 15.0 Å². The topological polar surface area (TPSA) is 80.2 Å². The van der Waals surface area contributed by atoms with Crippen LogP contribution in [0.15, 0.2) is 61.2 Å². The summed E-state index contributed by atoms with van der Waals surface area (Å²) in [5.74, 6) is 0.978. The Morgan fingerprint density at radius 1 is 1.15 bits per heavy atom. The second kappa shape index (κ2) is 8.75. The summed E-state index contributed by atoms with van der Waals surface area (Å²) >= 11 is 0. The molecule has 27 heavy (non-hydrogen) atoms. The molecule has 0 fully saturated rings. The van der Waals surface area contributed by atoms with E-state index in [1.165, 1.54) is 18.0 Å². The lowest BCUT2D eigenvalue weighted by Crippen LogP contribution is -2.23. The van der Waals surface area contributed by atoms with Gasteiger partial charge in [0.15, 0.2) is 0 Å². The van der Waals surface area contributed by atoms with Crippen molar-refractivity contribution in [3.63, 3.8) is 0 Å². The van der Waals surface area contributed by atoms with E-state index in [1.807, 2.05) is 36.2 Å². The number of anilines is 2. The van der Waals surface area contributed by atoms with Crippen molar-refractivity contribution < 1.29 is 9.53 Å². The van der Waals surface area contributed by atoms with E-state index in [-0.39, 0.29) is 5.91 Å². The number of ether oxygens (including phenoxy) is 1. The predicted molar refractivity (Wildman–Crippen MR) is 104 cm³/mol. The van der Waals surface area contributed by atoms with Gasteiger partial charge in [0.25, 0.3) is 5.91 Å². The van der Waals surface area contributed by atoms with Crippen LogP contribution in [0.2, 0.25) is 0 Å². The second-order valence-corrected chi connectivity index (χ2v) is 5.98. The van der Waals surface area contributed by atoms with E-state index in [0.717, 1.165) is 13.0 Å². The lowest BCUT2D eigenvalue weighted by Gasteiger charge is -2.16. The average Bonchev–Trinajstić information content (AvgIpc) is 2.73. The smallest absolute Gasteiger partial charge is 0.258 e. The van der Waals surface area contributed by atoms with Crippen molar-refractivity contribution in [3.8, 4) is 5.75 Å². The van der Waals surface area contributed by atoms with Crippen molar-refractivity contribution >= 4 is 17.5 Å². The Balaban J connectivity index is 1.59. The van der Waals surface area contributed by atoms with E-state index >= 15 is 0 Å². The highest BCUT2D eigenvalue weighted by Gasteiger charge is 2.10. The minimum atomic E-state index is -0.269. The Hall–Kier alpha value is -3.48. The first-order chi connectivity index (χ1) is 13.2. The van der Waals surface area contributed by atoms with E-state index in [2.05, 4.69) is 20.3 Å². The lowest BCUT2D eigenvalue weighted by atomic mass is 10.2. The maximum atomic E-state index is 12.4. The van der Waals surface area contributed by atoms with Gasteiger partial charge in [-0.05, 0) is 36.2 Å². The van der Waals surface area contributed by atoms with E-state index in [0.29, 0.717) is 22.9 Å². The molecule has 0 aliphatic carbocycles. The second-order valence-electron chi connectivity index (χ2n) is 5.98. The standard InChI is InChI=1S/C20H21N5O2/c1-25(11-8-15-6-9-21-10-7-15)20-22-13-16(14-23-20)19(26)24-17-4-3-5-18(12-17)27-2/h3-7,9-10,12-14H,8,11H2,1-2H3,(H,24,26). The fourth-order valence-electron chi connectivity index (χ4n) is 2.49. The number of carbonyl (C=O) groups excluding carboxylic acids is 1. The first-order valence-corrected chi connectivity index (χ1v) is 8.53. The molecule has 0 spiro atoms. The van der Waals surface area contributed by atoms with Gasteiger partial charge in [-0.15, -0.1) is 0 Å². The molecular weight excluding hydrogens is 342 g/mol. The maximum Gasteiger partial charge on any atom is 0.258 e. The van der Waals surface area contributed by atoms with Crippen LogP contribution in [0.1, 0.15) is 15.9 Å². The molecular formula is C20H21N5O2. The fourth-order valence-corrected chi connectivity index (χ4v) is 2.49. The quantitative estimate of drug-likeness (QED) is 0.695. The first kappa shape index (κ1) is 18.3. The molecule has 1 N–H and O–H groups in total. The number of methoxy groups -OCH3 is 1. The van der Waals surface area contributed by atoms with Crippen molar-refractivity contribution in [3.05, 3.63) is 72.3 Å². The van der Waals surface area contributed by atoms with Crippen LogP contribution < -0.4 is 15.0 Å². The van der Waals surface area contributed by atoms with Gasteiger partial charge in [-0.25, -0.2) is 9.97 Å². The highest BCUT2D eigenvalue weighted by Crippen LogP contribution is 2.17. The molecule has 2 aromatic heterocycles. The first-order valence-electron chi connectivity index (χ1n) is 8.53. The Labute approximate surface area is 158 Å². The van der Waals surface area contributed by atoms with Gasteiger partial charge in [0.2, 0.25) is 5.95 Å². The zero-order valence-corrected chi connectivity index (χ0v) is 15.3. The largest absolute Gasteiger partial charge is 0.497 e. The molecule has 0 saturated heterocycles. The van der Waals surface area contributed by atoms with E-state index in [4.69, 9.17) is 4.74 Å². The van der Waals surface area contributed by atoms with Crippen LogP contribution in [0.25, 0.3) is 0 Å². The highest BCUT2D eigenvalue weighted by atomic mass is 16.5. The molecule has 0 aliphatic rings. The summed E-state index contributed by atoms with van der Waals surface area (Å²) < 4.78 is 5.15. The molecule has 0 saturated carbocycles. The van der Waals surface area contributed by atoms with E-state index in [1.54, 1.807) is 31.6 Å². The molecule has 138 valence electrons. The fraction of sp³-hybridized carbons (Fsp3) is 0.200. The summed E-state index contributed by atoms with van der Waals surface area (Å²) in [4.78, 5) is 26.9. The van der Waals surface area contributed by atoms with Crippen LogP contribution in [0.4, 0.5) is 11.6 Å². The molecule has 0 bridgehead atoms. The molecule has 0 aliphatic heterocycles. The molecule has 0 unspecified atom stereocenters. The normalized spacial score (nSPS) is 10.3. The number of likely N-dealkylation sites (N-methyl/N-ethyl adjacent to an activating group) is 1. The van der Waals surface area contributed by atoms with Crippen molar-refractivity contribution in [2.45, 2.75) is 6.42 Å². The summed E-state index contributed by atoms with van der Waals surface area (Å²) in [6, 6.07) is 11.1. The number of pyridine rings is 1. The van der Waals surface area contributed by atoms with Crippen LogP contribution in [0.5, 0.6) is 5.75 Å². The number of amides is 1. The third-order valence-electron chi connectivity index (χ3n) is 4.05. The summed E-state index contributed by atoms with van der Waals surface area (Å²) in [7, 11) is 3.51. The molecule has 1 amide bonds. The van der Waals surface area contributed by atoms with Crippen LogP contribution >= 0.6 is 0 Å². The Kier molecular flexibility index (Phi) is 5.94. The van der Waals surface area contributed by atoms with Gasteiger partial charge in [0, 0.05) is 50.1 Å². The molecule has 1 aromatic carbocycles. The number of hydrogen-bond donors (Lipinski definition) is 1. The van der Waals surface area contributed by atoms with E-state index < -0.39 is 0 Å². The lowest BCUT2D eigenvalue weighted by molar-refractivity contribution is 0.102. The zero-order chi connectivity index (χ0) is 19.1. The molecule has 0 radical (unpaired) electrons. The molecule has 0 atom stereocenters. The van der Waals surface area contributed by atoms with Gasteiger partial charge in [-0.2, -0.15) is 0 Å². The summed E-state index contributed by atoms with van der Waals surface area (Å²) in [6.07, 6.45) is 7.48. The number of benzene rings is 1. The number of rotatable bonds is 7. The SMILES string of the molecule is COc1cccc(NC(=O)c2cnc(N(C)CCc3ccncc3)nc2)c1. The molecule has 2 heterocycles. The van der Waals surface area contributed by atoms with Gasteiger partial charge in [0.05, 0.1) is 12.7 Å². The Morgan fingerprint density at radius 2 is 1.89 bits per heavy atom. The number of nitrogens with one attached hydrogen (secondary N) is 1. The monoisotopic (exact) mass is 363 g/mol. The van der Waals surface area contributed by atoms with Gasteiger partial charge in [-0.1, -0.05) is 6.07 Å². The molecule has 7 heteroatoms. The minimum absolute atomic E-state index is 0.269. The Morgan fingerprint density at radius 3 is 2.59 bits per heavy atom. The molecule has 3 aromatic rings. The predicted octanol–water partition coefficient (Wildman–Crippen LogP) is 2.81. The van der Waals surface area contributed by atoms with E-state index in [9.17, 15) is 4.79 Å². The summed E-state index contributed by atoms with van der Waals surface area (Å²) in [5.41, 5.74) is 2.24. The van der Waals surface area contributed by atoms with Crippen LogP contribution in [0.3, 0.4) is 0 Å². The van der Waals surface area contributed by atoms with Crippen LogP contribution in [-0.4, -0.2) is 41.6 Å². The number of nitrogens with zero attached hydrogens (tertiary/aromatic N) is 4. The molecule has 3 rings (SSSR count). The number of hydrogen-bond acceptors (Lipinski definition) is 6. The van der Waals surface area contributed by atoms with Crippen molar-refractivity contribution in [1.29, 1.82) is 0 Å². The molecule has 7 nitrogen and oxygen atoms in total. The number of aromatic nitrogens is 3. The van der Waals surface area contributed by atoms with Crippen LogP contribution in [-0.2, 0) is 6.42 Å². The summed E-state index contributed by atoms with van der Waals surface area (Å²) in [5, 5.41) is 2.81. The summed E-state index contributed by atoms with van der Waals surface area (Å²) in [6.45, 7) is 0.763. The highest BCUT2D eigenvalue weighted by molar-refractivity contribution is 6.03. The average molecular weight is 363 g/mol. The third-order valence-corrected chi connectivity index (χ3v) is 4.05. The van der Waals surface area contributed by atoms with Gasteiger partial charge in [0.1, 0.15) is 5.75 Å². The zero-order valence-electron chi connectivity index (χ0n) is 15.3. The minimum Gasteiger partial charge on any atom is -0.497 e. The number of carbonyl (C=O) groups is 1. The van der Waals surface area contributed by atoms with Crippen LogP contribution in [0, 0.1) is 0 Å². The Bertz CT molecular complexity index is 884. The maximum absolute atomic E-state index is 12.4.